The van der Waals surface area contributed by atoms with E-state index in [-0.39, 0.29) is 13.0 Å². The van der Waals surface area contributed by atoms with Crippen molar-refractivity contribution in [2.45, 2.75) is 230 Å². The number of aliphatic hydroxyl groups is 3. The number of aliphatic hydroxyl groups excluding tert-OH is 3. The number of hydrogen-bond donors (Lipinski definition) is 8. The van der Waals surface area contributed by atoms with Crippen molar-refractivity contribution in [2.75, 3.05) is 13.2 Å². The van der Waals surface area contributed by atoms with Gasteiger partial charge in [-0.2, -0.15) is 0 Å². The molecule has 1 rings (SSSR count). The molecule has 8 atom stereocenters. The summed E-state index contributed by atoms with van der Waals surface area (Å²) in [7, 11) is -16.6. The van der Waals surface area contributed by atoms with Gasteiger partial charge in [0.05, 0.1) is 19.6 Å². The zero-order valence-electron chi connectivity index (χ0n) is 37.9. The maximum atomic E-state index is 13.1. The standard InChI is InChI=1S/C41H79O20P3/c1-3-5-6-7-8-9-10-11-12-15-18-21-24-28-34(43)58-33(30-35(44)56-29-25-22-19-16-13-14-17-20-23-27-32(42)26-4-2)31-57-64(54,55)61-39-36(45)37(46)40(59-62(48,49)50)41(38(39)47)60-63(51,52)53/h33,36-41,45-47H,3-31H2,1-2H3,(H,54,55)(H2,48,49,50)(H2,51,52,53)/t33-,36+,37-,38?,39?,40?,41+/m1/s1. The maximum Gasteiger partial charge on any atom is 0.472 e. The molecule has 0 aromatic carbocycles. The van der Waals surface area contributed by atoms with Crippen molar-refractivity contribution in [1.82, 2.24) is 0 Å². The van der Waals surface area contributed by atoms with Gasteiger partial charge in [0.1, 0.15) is 48.5 Å². The lowest BCUT2D eigenvalue weighted by atomic mass is 9.85. The summed E-state index contributed by atoms with van der Waals surface area (Å²) in [6.45, 7) is 3.31. The molecule has 64 heavy (non-hydrogen) atoms. The van der Waals surface area contributed by atoms with Crippen LogP contribution in [0.1, 0.15) is 187 Å². The Labute approximate surface area is 378 Å². The average molecular weight is 985 g/mol. The number of phosphoric ester groups is 3. The number of rotatable bonds is 40. The quantitative estimate of drug-likeness (QED) is 0.0172. The summed E-state index contributed by atoms with van der Waals surface area (Å²) in [5, 5.41) is 31.8. The normalized spacial score (nSPS) is 21.9. The first kappa shape index (κ1) is 60.8. The van der Waals surface area contributed by atoms with Gasteiger partial charge in [-0.3, -0.25) is 32.5 Å². The minimum atomic E-state index is -5.61. The number of hydrogen-bond acceptors (Lipinski definition) is 15. The fraction of sp³-hybridized carbons (Fsp3) is 0.927. The molecule has 0 bridgehead atoms. The van der Waals surface area contributed by atoms with Crippen LogP contribution in [0.5, 0.6) is 0 Å². The van der Waals surface area contributed by atoms with Gasteiger partial charge in [-0.05, 0) is 25.7 Å². The van der Waals surface area contributed by atoms with E-state index in [0.29, 0.717) is 31.5 Å². The molecule has 1 aliphatic rings. The second-order valence-electron chi connectivity index (χ2n) is 16.7. The SMILES string of the molecule is CCCCCCCCCCCCCCCC(=O)O[C@@H](COP(=O)(O)OC1C(O)[C@H](OP(=O)(O)O)C(OP(=O)(O)O)[C@H](O)[C@@H]1O)CC(=O)OCCCCCCCCCCCC(=O)CCC. The van der Waals surface area contributed by atoms with Crippen LogP contribution in [-0.4, -0.2) is 113 Å². The first-order valence-electron chi connectivity index (χ1n) is 23.2. The number of Topliss-reactive ketones (excluding diaryl/α,β-unsaturated/α-hetero) is 1. The number of ether oxygens (including phenoxy) is 2. The Hall–Kier alpha value is -1.18. The van der Waals surface area contributed by atoms with Gasteiger partial charge in [0.2, 0.25) is 0 Å². The van der Waals surface area contributed by atoms with Crippen LogP contribution in [-0.2, 0) is 55.6 Å². The molecule has 0 saturated heterocycles. The van der Waals surface area contributed by atoms with E-state index in [4.69, 9.17) is 18.5 Å². The minimum Gasteiger partial charge on any atom is -0.466 e. The van der Waals surface area contributed by atoms with E-state index in [9.17, 15) is 67.9 Å². The molecule has 0 aliphatic heterocycles. The molecule has 8 N–H and O–H groups in total. The van der Waals surface area contributed by atoms with Crippen molar-refractivity contribution >= 4 is 41.2 Å². The largest absolute Gasteiger partial charge is 0.472 e. The second-order valence-corrected chi connectivity index (χ2v) is 20.5. The second kappa shape index (κ2) is 34.2. The summed E-state index contributed by atoms with van der Waals surface area (Å²) in [6.07, 6.45) is 7.71. The lowest BCUT2D eigenvalue weighted by molar-refractivity contribution is -0.213. The summed E-state index contributed by atoms with van der Waals surface area (Å²) in [4.78, 5) is 84.9. The van der Waals surface area contributed by atoms with Crippen LogP contribution in [0.2, 0.25) is 0 Å². The highest BCUT2D eigenvalue weighted by atomic mass is 31.2. The molecular weight excluding hydrogens is 905 g/mol. The van der Waals surface area contributed by atoms with Gasteiger partial charge in [-0.25, -0.2) is 13.7 Å². The van der Waals surface area contributed by atoms with Crippen molar-refractivity contribution in [2.24, 2.45) is 0 Å². The molecule has 20 nitrogen and oxygen atoms in total. The van der Waals surface area contributed by atoms with Crippen LogP contribution in [0.4, 0.5) is 0 Å². The third-order valence-corrected chi connectivity index (χ3v) is 12.8. The van der Waals surface area contributed by atoms with Gasteiger partial charge in [0.25, 0.3) is 0 Å². The molecule has 23 heteroatoms. The highest BCUT2D eigenvalue weighted by Crippen LogP contribution is 2.51. The van der Waals surface area contributed by atoms with Crippen molar-refractivity contribution in [3.8, 4) is 0 Å². The smallest absolute Gasteiger partial charge is 0.466 e. The molecule has 1 fully saturated rings. The highest BCUT2D eigenvalue weighted by Gasteiger charge is 2.56. The van der Waals surface area contributed by atoms with Gasteiger partial charge < -0.3 is 49.3 Å². The Morgan fingerprint density at radius 3 is 1.38 bits per heavy atom. The van der Waals surface area contributed by atoms with Crippen LogP contribution in [0.3, 0.4) is 0 Å². The lowest BCUT2D eigenvalue weighted by Crippen LogP contribution is -2.65. The van der Waals surface area contributed by atoms with Gasteiger partial charge in [-0.1, -0.05) is 136 Å². The Bertz CT molecular complexity index is 1420. The third-order valence-electron chi connectivity index (χ3n) is 10.8. The number of phosphoric acid groups is 3. The van der Waals surface area contributed by atoms with Crippen LogP contribution >= 0.6 is 23.5 Å². The van der Waals surface area contributed by atoms with E-state index in [2.05, 4.69) is 16.0 Å². The van der Waals surface area contributed by atoms with E-state index in [0.717, 1.165) is 89.9 Å². The molecule has 0 aromatic heterocycles. The molecule has 0 spiro atoms. The Morgan fingerprint density at radius 1 is 0.484 bits per heavy atom. The summed E-state index contributed by atoms with van der Waals surface area (Å²) >= 11 is 0. The van der Waals surface area contributed by atoms with E-state index in [1.54, 1.807) is 0 Å². The highest BCUT2D eigenvalue weighted by molar-refractivity contribution is 7.47. The lowest BCUT2D eigenvalue weighted by Gasteiger charge is -2.44. The van der Waals surface area contributed by atoms with E-state index >= 15 is 0 Å². The first-order valence-corrected chi connectivity index (χ1v) is 27.8. The Kier molecular flexibility index (Phi) is 32.5. The molecule has 0 radical (unpaired) electrons. The predicted octanol–water partition coefficient (Wildman–Crippen LogP) is 7.14. The van der Waals surface area contributed by atoms with Crippen molar-refractivity contribution < 1.29 is 95.4 Å². The molecule has 0 amide bonds. The number of carbonyl (C=O) groups excluding carboxylic acids is 3. The number of ketones is 1. The Morgan fingerprint density at radius 2 is 0.906 bits per heavy atom. The number of unbranched alkanes of at least 4 members (excludes halogenated alkanes) is 20. The molecule has 0 heterocycles. The van der Waals surface area contributed by atoms with Crippen LogP contribution in [0, 0.1) is 0 Å². The van der Waals surface area contributed by atoms with Crippen LogP contribution < -0.4 is 0 Å². The molecule has 0 aromatic rings. The number of esters is 2. The number of carbonyl (C=O) groups is 3. The van der Waals surface area contributed by atoms with Gasteiger partial charge in [-0.15, -0.1) is 0 Å². The zero-order valence-corrected chi connectivity index (χ0v) is 40.5. The van der Waals surface area contributed by atoms with Gasteiger partial charge in [0.15, 0.2) is 0 Å². The van der Waals surface area contributed by atoms with Crippen LogP contribution in [0.15, 0.2) is 0 Å². The van der Waals surface area contributed by atoms with Gasteiger partial charge >= 0.3 is 35.4 Å². The maximum absolute atomic E-state index is 13.1. The monoisotopic (exact) mass is 984 g/mol. The van der Waals surface area contributed by atoms with E-state index < -0.39 is 91.2 Å². The summed E-state index contributed by atoms with van der Waals surface area (Å²) < 4.78 is 65.3. The minimum absolute atomic E-state index is 0.0214. The average Bonchev–Trinajstić information content (AvgIpc) is 3.20. The van der Waals surface area contributed by atoms with Gasteiger partial charge in [0, 0.05) is 19.3 Å². The van der Waals surface area contributed by atoms with Crippen LogP contribution in [0.25, 0.3) is 0 Å². The molecule has 1 aliphatic carbocycles. The molecule has 1 saturated carbocycles. The molecule has 4 unspecified atom stereocenters. The zero-order chi connectivity index (χ0) is 48.0. The van der Waals surface area contributed by atoms with Crippen molar-refractivity contribution in [3.63, 3.8) is 0 Å². The fourth-order valence-corrected chi connectivity index (χ4v) is 9.47. The first-order chi connectivity index (χ1) is 30.2. The molecule has 378 valence electrons. The van der Waals surface area contributed by atoms with E-state index in [1.807, 2.05) is 6.92 Å². The summed E-state index contributed by atoms with van der Waals surface area (Å²) in [5.41, 5.74) is 0. The third kappa shape index (κ3) is 30.3. The van der Waals surface area contributed by atoms with E-state index in [1.165, 1.54) is 44.9 Å². The van der Waals surface area contributed by atoms with Crippen molar-refractivity contribution in [3.05, 3.63) is 0 Å². The summed E-state index contributed by atoms with van der Waals surface area (Å²) in [5.74, 6) is -1.20. The predicted molar refractivity (Wildman–Crippen MR) is 234 cm³/mol. The fourth-order valence-electron chi connectivity index (χ4n) is 7.38. The topological polar surface area (TPSA) is 320 Å². The summed E-state index contributed by atoms with van der Waals surface area (Å²) in [6, 6.07) is 0. The van der Waals surface area contributed by atoms with Crippen molar-refractivity contribution in [1.29, 1.82) is 0 Å². The Balaban J connectivity index is 2.75. The molecular formula is C41H79O20P3.